The summed E-state index contributed by atoms with van der Waals surface area (Å²) in [5.41, 5.74) is 9.82. The van der Waals surface area contributed by atoms with Crippen LogP contribution >= 0.6 is 0 Å². The van der Waals surface area contributed by atoms with E-state index in [0.717, 1.165) is 33.5 Å². The van der Waals surface area contributed by atoms with E-state index in [1.54, 1.807) is 32.1 Å². The first kappa shape index (κ1) is 30.0. The number of aromatic nitrogens is 2. The number of anilines is 1. The van der Waals surface area contributed by atoms with Crippen LogP contribution in [0.1, 0.15) is 44.6 Å². The number of alkyl halides is 1. The van der Waals surface area contributed by atoms with E-state index in [1.807, 2.05) is 0 Å². The van der Waals surface area contributed by atoms with Gasteiger partial charge in [0, 0.05) is 18.1 Å². The second kappa shape index (κ2) is 11.7. The molecule has 3 aromatic carbocycles. The van der Waals surface area contributed by atoms with Gasteiger partial charge in [0.25, 0.3) is 0 Å². The van der Waals surface area contributed by atoms with Gasteiger partial charge in [0.05, 0.1) is 29.9 Å². The van der Waals surface area contributed by atoms with Crippen molar-refractivity contribution < 1.29 is 35.5 Å². The van der Waals surface area contributed by atoms with Crippen molar-refractivity contribution in [3.63, 3.8) is 0 Å². The molecule has 0 radical (unpaired) electrons. The standard InChI is InChI=1S/C31H27F4N3O4S/c1-17-9-19-11-21(12-20(19)13-22(17)16-43(40,41)8-4-7-32)30(39)24-15-37-38(31(24)36)29-18(2)10-23(14-26(29)34)42-27-6-3-5-25(33)28(27)35/h3,5-6,9-11,13-15H,4,7-8,12,16,36H2,1-2H3. The van der Waals surface area contributed by atoms with Crippen LogP contribution in [0.25, 0.3) is 11.8 Å². The first-order valence-corrected chi connectivity index (χ1v) is 15.1. The number of hydrogen-bond acceptors (Lipinski definition) is 6. The zero-order valence-electron chi connectivity index (χ0n) is 23.3. The maximum atomic E-state index is 15.3. The molecule has 0 saturated carbocycles. The van der Waals surface area contributed by atoms with Crippen molar-refractivity contribution in [2.24, 2.45) is 0 Å². The maximum Gasteiger partial charge on any atom is 0.201 e. The van der Waals surface area contributed by atoms with Gasteiger partial charge in [-0.05, 0) is 72.4 Å². The molecule has 1 aromatic heterocycles. The monoisotopic (exact) mass is 613 g/mol. The number of halogens is 4. The van der Waals surface area contributed by atoms with Crippen LogP contribution in [-0.2, 0) is 22.0 Å². The van der Waals surface area contributed by atoms with Crippen molar-refractivity contribution in [1.29, 1.82) is 0 Å². The minimum absolute atomic E-state index is 0.0470. The fourth-order valence-corrected chi connectivity index (χ4v) is 6.53. The largest absolute Gasteiger partial charge is 0.454 e. The molecule has 0 unspecified atom stereocenters. The second-order valence-corrected chi connectivity index (χ2v) is 12.6. The first-order chi connectivity index (χ1) is 20.4. The van der Waals surface area contributed by atoms with Crippen molar-refractivity contribution in [2.75, 3.05) is 18.2 Å². The lowest BCUT2D eigenvalue weighted by atomic mass is 10.0. The molecule has 1 aliphatic carbocycles. The summed E-state index contributed by atoms with van der Waals surface area (Å²) < 4.78 is 86.5. The number of nitrogen functional groups attached to an aromatic ring is 1. The van der Waals surface area contributed by atoms with Gasteiger partial charge in [-0.2, -0.15) is 9.49 Å². The molecule has 0 saturated heterocycles. The summed E-state index contributed by atoms with van der Waals surface area (Å²) in [6.07, 6.45) is 3.11. The van der Waals surface area contributed by atoms with E-state index in [2.05, 4.69) is 5.10 Å². The molecule has 0 fully saturated rings. The molecule has 43 heavy (non-hydrogen) atoms. The van der Waals surface area contributed by atoms with Gasteiger partial charge in [0.2, 0.25) is 5.82 Å². The van der Waals surface area contributed by atoms with E-state index in [1.165, 1.54) is 24.4 Å². The lowest BCUT2D eigenvalue weighted by molar-refractivity contribution is 0.103. The minimum atomic E-state index is -3.49. The second-order valence-electron chi connectivity index (χ2n) is 10.4. The van der Waals surface area contributed by atoms with Crippen molar-refractivity contribution >= 4 is 27.5 Å². The Morgan fingerprint density at radius 1 is 1.07 bits per heavy atom. The fourth-order valence-electron chi connectivity index (χ4n) is 5.05. The van der Waals surface area contributed by atoms with Crippen molar-refractivity contribution in [3.05, 3.63) is 105 Å². The molecule has 5 rings (SSSR count). The molecule has 1 aliphatic rings. The Bertz CT molecular complexity index is 1880. The summed E-state index contributed by atoms with van der Waals surface area (Å²) in [4.78, 5) is 13.5. The van der Waals surface area contributed by atoms with Crippen LogP contribution in [0.15, 0.2) is 54.2 Å². The SMILES string of the molecule is Cc1cc2c(cc1CS(=O)(=O)CCCF)CC(C(=O)c1cnn(-c3c(C)cc(Oc4cccc(F)c4F)cc3F)c1N)=C2. The molecule has 0 bridgehead atoms. The number of carbonyl (C=O) groups excluding carboxylic acids is 1. The highest BCUT2D eigenvalue weighted by atomic mass is 32.2. The highest BCUT2D eigenvalue weighted by Gasteiger charge is 2.26. The number of benzene rings is 3. The summed E-state index contributed by atoms with van der Waals surface area (Å²) in [6.45, 7) is 2.61. The van der Waals surface area contributed by atoms with Crippen molar-refractivity contribution in [1.82, 2.24) is 9.78 Å². The Morgan fingerprint density at radius 3 is 2.56 bits per heavy atom. The van der Waals surface area contributed by atoms with Gasteiger partial charge < -0.3 is 10.5 Å². The Kier molecular flexibility index (Phi) is 8.15. The highest BCUT2D eigenvalue weighted by molar-refractivity contribution is 7.90. The number of aryl methyl sites for hydroxylation is 2. The molecule has 1 heterocycles. The number of nitrogens with two attached hydrogens (primary N) is 1. The number of hydrogen-bond donors (Lipinski definition) is 1. The predicted octanol–water partition coefficient (Wildman–Crippen LogP) is 6.38. The molecule has 0 amide bonds. The normalized spacial score (nSPS) is 12.7. The van der Waals surface area contributed by atoms with E-state index in [-0.39, 0.29) is 47.2 Å². The number of rotatable bonds is 10. The summed E-state index contributed by atoms with van der Waals surface area (Å²) >= 11 is 0. The van der Waals surface area contributed by atoms with Crippen LogP contribution in [0, 0.1) is 31.3 Å². The topological polar surface area (TPSA) is 104 Å². The Morgan fingerprint density at radius 2 is 1.84 bits per heavy atom. The Hall–Kier alpha value is -4.45. The number of ketones is 1. The molecule has 12 heteroatoms. The number of carbonyl (C=O) groups is 1. The Balaban J connectivity index is 1.37. The quantitative estimate of drug-likeness (QED) is 0.165. The van der Waals surface area contributed by atoms with Gasteiger partial charge in [-0.25, -0.2) is 21.9 Å². The third-order valence-electron chi connectivity index (χ3n) is 7.20. The van der Waals surface area contributed by atoms with Crippen LogP contribution in [0.2, 0.25) is 0 Å². The lowest BCUT2D eigenvalue weighted by Gasteiger charge is -2.13. The number of allylic oxidation sites excluding steroid dienone is 1. The molecule has 0 aliphatic heterocycles. The van der Waals surface area contributed by atoms with Crippen LogP contribution in [0.4, 0.5) is 23.4 Å². The number of sulfone groups is 1. The van der Waals surface area contributed by atoms with Crippen molar-refractivity contribution in [3.8, 4) is 17.2 Å². The van der Waals surface area contributed by atoms with Crippen molar-refractivity contribution in [2.45, 2.75) is 32.4 Å². The Labute approximate surface area is 245 Å². The summed E-state index contributed by atoms with van der Waals surface area (Å²) in [6, 6.07) is 9.33. The molecule has 224 valence electrons. The molecule has 4 aromatic rings. The van der Waals surface area contributed by atoms with E-state index in [4.69, 9.17) is 10.5 Å². The number of Topliss-reactive ketones (excluding diaryl/α,β-unsaturated/α-hetero) is 1. The first-order valence-electron chi connectivity index (χ1n) is 13.3. The zero-order valence-corrected chi connectivity index (χ0v) is 24.1. The number of ether oxygens (including phenoxy) is 1. The predicted molar refractivity (Wildman–Crippen MR) is 154 cm³/mol. The van der Waals surface area contributed by atoms with Gasteiger partial charge in [0.15, 0.2) is 33.0 Å². The number of fused-ring (bicyclic) bond motifs is 1. The van der Waals surface area contributed by atoms with Gasteiger partial charge in [0.1, 0.15) is 17.3 Å². The summed E-state index contributed by atoms with van der Waals surface area (Å²) in [5, 5.41) is 4.14. The molecule has 0 spiro atoms. The van der Waals surface area contributed by atoms with Crippen LogP contribution in [0.5, 0.6) is 11.5 Å². The fraction of sp³-hybridized carbons (Fsp3) is 0.226. The zero-order chi connectivity index (χ0) is 31.1. The van der Waals surface area contributed by atoms with Gasteiger partial charge in [-0.15, -0.1) is 0 Å². The van der Waals surface area contributed by atoms with Crippen LogP contribution in [-0.4, -0.2) is 36.4 Å². The van der Waals surface area contributed by atoms with Gasteiger partial charge in [-0.3, -0.25) is 9.18 Å². The molecule has 0 atom stereocenters. The summed E-state index contributed by atoms with van der Waals surface area (Å²) in [7, 11) is -3.49. The van der Waals surface area contributed by atoms with Crippen LogP contribution < -0.4 is 10.5 Å². The maximum absolute atomic E-state index is 15.3. The molecular formula is C31H27F4N3O4S. The smallest absolute Gasteiger partial charge is 0.201 e. The van der Waals surface area contributed by atoms with E-state index < -0.39 is 45.5 Å². The van der Waals surface area contributed by atoms with Gasteiger partial charge >= 0.3 is 0 Å². The summed E-state index contributed by atoms with van der Waals surface area (Å²) in [5.74, 6) is -4.63. The van der Waals surface area contributed by atoms with Gasteiger partial charge in [-0.1, -0.05) is 18.2 Å². The lowest BCUT2D eigenvalue weighted by Crippen LogP contribution is -2.11. The van der Waals surface area contributed by atoms with E-state index in [0.29, 0.717) is 16.7 Å². The third kappa shape index (κ3) is 6.05. The average Bonchev–Trinajstić information content (AvgIpc) is 3.52. The molecule has 2 N–H and O–H groups in total. The van der Waals surface area contributed by atoms with Crippen LogP contribution in [0.3, 0.4) is 0 Å². The highest BCUT2D eigenvalue weighted by Crippen LogP contribution is 2.34. The van der Waals surface area contributed by atoms with E-state index >= 15 is 4.39 Å². The average molecular weight is 614 g/mol. The minimum Gasteiger partial charge on any atom is -0.454 e. The molecule has 7 nitrogen and oxygen atoms in total. The number of nitrogens with zero attached hydrogens (tertiary/aromatic N) is 2. The van der Waals surface area contributed by atoms with E-state index in [9.17, 15) is 26.4 Å². The third-order valence-corrected chi connectivity index (χ3v) is 8.86. The molecular weight excluding hydrogens is 586 g/mol.